The van der Waals surface area contributed by atoms with Crippen LogP contribution in [0, 0.1) is 10.1 Å². The maximum absolute atomic E-state index is 12.9. The first kappa shape index (κ1) is 22.2. The summed E-state index contributed by atoms with van der Waals surface area (Å²) >= 11 is 0. The number of non-ortho nitro benzene ring substituents is 1. The largest absolute Gasteiger partial charge is 0.336 e. The SMILES string of the molecule is CCCCN(CC(=O)N1CCc2ccccc2C1)C(=O)/C=C/c1ccc([N+](=O)[O-])cc1. The Kier molecular flexibility index (Phi) is 7.54. The molecule has 0 aromatic heterocycles. The first-order valence-corrected chi connectivity index (χ1v) is 10.5. The van der Waals surface area contributed by atoms with Gasteiger partial charge >= 0.3 is 0 Å². The number of nitrogens with zero attached hydrogens (tertiary/aromatic N) is 3. The number of nitro benzene ring substituents is 1. The molecule has 0 N–H and O–H groups in total. The van der Waals surface area contributed by atoms with Crippen LogP contribution in [0.15, 0.2) is 54.6 Å². The summed E-state index contributed by atoms with van der Waals surface area (Å²) in [6.45, 7) is 3.83. The third-order valence-electron chi connectivity index (χ3n) is 5.43. The molecule has 7 nitrogen and oxygen atoms in total. The van der Waals surface area contributed by atoms with Crippen molar-refractivity contribution in [2.75, 3.05) is 19.6 Å². The Morgan fingerprint density at radius 3 is 2.52 bits per heavy atom. The number of fused-ring (bicyclic) bond motifs is 1. The summed E-state index contributed by atoms with van der Waals surface area (Å²) in [5, 5.41) is 10.8. The molecule has 0 atom stereocenters. The molecule has 0 radical (unpaired) electrons. The quantitative estimate of drug-likeness (QED) is 0.368. The predicted molar refractivity (Wildman–Crippen MR) is 119 cm³/mol. The molecule has 1 aliphatic rings. The lowest BCUT2D eigenvalue weighted by atomic mass is 10.00. The molecule has 0 spiro atoms. The molecular formula is C24H27N3O4. The zero-order chi connectivity index (χ0) is 22.2. The van der Waals surface area contributed by atoms with Crippen LogP contribution in [-0.2, 0) is 22.6 Å². The molecule has 2 aromatic carbocycles. The lowest BCUT2D eigenvalue weighted by Crippen LogP contribution is -2.44. The highest BCUT2D eigenvalue weighted by Gasteiger charge is 2.23. The van der Waals surface area contributed by atoms with E-state index in [0.29, 0.717) is 25.2 Å². The van der Waals surface area contributed by atoms with Gasteiger partial charge in [-0.25, -0.2) is 0 Å². The van der Waals surface area contributed by atoms with Gasteiger partial charge in [0.05, 0.1) is 4.92 Å². The maximum atomic E-state index is 12.9. The molecule has 2 aromatic rings. The number of carbonyl (C=O) groups is 2. The molecule has 0 bridgehead atoms. The Balaban J connectivity index is 1.64. The fourth-order valence-electron chi connectivity index (χ4n) is 3.57. The smallest absolute Gasteiger partial charge is 0.269 e. The number of benzene rings is 2. The van der Waals surface area contributed by atoms with Gasteiger partial charge in [0, 0.05) is 37.8 Å². The van der Waals surface area contributed by atoms with Gasteiger partial charge in [0.2, 0.25) is 11.8 Å². The topological polar surface area (TPSA) is 83.8 Å². The predicted octanol–water partition coefficient (Wildman–Crippen LogP) is 3.82. The molecule has 162 valence electrons. The average Bonchev–Trinajstić information content (AvgIpc) is 2.79. The third-order valence-corrected chi connectivity index (χ3v) is 5.43. The van der Waals surface area contributed by atoms with Crippen LogP contribution in [0.25, 0.3) is 6.08 Å². The minimum absolute atomic E-state index is 0.00162. The normalized spacial score (nSPS) is 13.1. The van der Waals surface area contributed by atoms with Gasteiger partial charge in [-0.05, 0) is 47.7 Å². The lowest BCUT2D eigenvalue weighted by molar-refractivity contribution is -0.384. The number of hydrogen-bond acceptors (Lipinski definition) is 4. The van der Waals surface area contributed by atoms with Crippen LogP contribution in [0.3, 0.4) is 0 Å². The van der Waals surface area contributed by atoms with Crippen molar-refractivity contribution in [3.05, 3.63) is 81.4 Å². The highest BCUT2D eigenvalue weighted by molar-refractivity contribution is 5.94. The highest BCUT2D eigenvalue weighted by atomic mass is 16.6. The summed E-state index contributed by atoms with van der Waals surface area (Å²) < 4.78 is 0. The molecule has 0 saturated heterocycles. The molecule has 0 unspecified atom stereocenters. The van der Waals surface area contributed by atoms with E-state index in [-0.39, 0.29) is 24.0 Å². The van der Waals surface area contributed by atoms with E-state index in [0.717, 1.165) is 24.8 Å². The minimum atomic E-state index is -0.463. The van der Waals surface area contributed by atoms with E-state index in [1.807, 2.05) is 30.0 Å². The zero-order valence-corrected chi connectivity index (χ0v) is 17.7. The summed E-state index contributed by atoms with van der Waals surface area (Å²) in [6.07, 6.45) is 5.60. The van der Waals surface area contributed by atoms with Gasteiger partial charge < -0.3 is 9.80 Å². The molecule has 0 fully saturated rings. The van der Waals surface area contributed by atoms with Crippen LogP contribution < -0.4 is 0 Å². The van der Waals surface area contributed by atoms with E-state index < -0.39 is 4.92 Å². The molecule has 3 rings (SSSR count). The van der Waals surface area contributed by atoms with E-state index in [9.17, 15) is 19.7 Å². The monoisotopic (exact) mass is 421 g/mol. The van der Waals surface area contributed by atoms with E-state index in [4.69, 9.17) is 0 Å². The highest BCUT2D eigenvalue weighted by Crippen LogP contribution is 2.19. The Bertz CT molecular complexity index is 969. The minimum Gasteiger partial charge on any atom is -0.336 e. The number of amides is 2. The number of unbranched alkanes of at least 4 members (excludes halogenated alkanes) is 1. The number of carbonyl (C=O) groups excluding carboxylic acids is 2. The Morgan fingerprint density at radius 1 is 1.13 bits per heavy atom. The zero-order valence-electron chi connectivity index (χ0n) is 17.7. The lowest BCUT2D eigenvalue weighted by Gasteiger charge is -2.31. The maximum Gasteiger partial charge on any atom is 0.269 e. The third kappa shape index (κ3) is 6.01. The van der Waals surface area contributed by atoms with Crippen LogP contribution in [0.2, 0.25) is 0 Å². The first-order chi connectivity index (χ1) is 15.0. The van der Waals surface area contributed by atoms with Gasteiger partial charge in [0.25, 0.3) is 5.69 Å². The van der Waals surface area contributed by atoms with E-state index >= 15 is 0 Å². The van der Waals surface area contributed by atoms with E-state index in [2.05, 4.69) is 6.07 Å². The number of rotatable bonds is 8. The summed E-state index contributed by atoms with van der Waals surface area (Å²) in [5.74, 6) is -0.291. The summed E-state index contributed by atoms with van der Waals surface area (Å²) in [7, 11) is 0. The van der Waals surface area contributed by atoms with Crippen molar-refractivity contribution in [2.24, 2.45) is 0 Å². The van der Waals surface area contributed by atoms with Crippen molar-refractivity contribution in [1.29, 1.82) is 0 Å². The molecule has 1 heterocycles. The van der Waals surface area contributed by atoms with Gasteiger partial charge in [-0.3, -0.25) is 19.7 Å². The fraction of sp³-hybridized carbons (Fsp3) is 0.333. The van der Waals surface area contributed by atoms with Crippen molar-refractivity contribution >= 4 is 23.6 Å². The molecular weight excluding hydrogens is 394 g/mol. The molecule has 0 saturated carbocycles. The molecule has 1 aliphatic heterocycles. The first-order valence-electron chi connectivity index (χ1n) is 10.5. The average molecular weight is 421 g/mol. The molecule has 7 heteroatoms. The van der Waals surface area contributed by atoms with Gasteiger partial charge in [0.1, 0.15) is 6.54 Å². The van der Waals surface area contributed by atoms with Crippen LogP contribution in [-0.4, -0.2) is 46.2 Å². The molecule has 31 heavy (non-hydrogen) atoms. The summed E-state index contributed by atoms with van der Waals surface area (Å²) in [6, 6.07) is 14.1. The van der Waals surface area contributed by atoms with Crippen LogP contribution in [0.5, 0.6) is 0 Å². The van der Waals surface area contributed by atoms with Crippen molar-refractivity contribution in [3.63, 3.8) is 0 Å². The van der Waals surface area contributed by atoms with Crippen molar-refractivity contribution in [3.8, 4) is 0 Å². The van der Waals surface area contributed by atoms with E-state index in [1.54, 1.807) is 23.1 Å². The summed E-state index contributed by atoms with van der Waals surface area (Å²) in [4.78, 5) is 39.4. The Morgan fingerprint density at radius 2 is 1.84 bits per heavy atom. The number of hydrogen-bond donors (Lipinski definition) is 0. The van der Waals surface area contributed by atoms with Crippen molar-refractivity contribution in [2.45, 2.75) is 32.7 Å². The second-order valence-electron chi connectivity index (χ2n) is 7.63. The van der Waals surface area contributed by atoms with Gasteiger partial charge in [0.15, 0.2) is 0 Å². The van der Waals surface area contributed by atoms with Crippen molar-refractivity contribution in [1.82, 2.24) is 9.80 Å². The summed E-state index contributed by atoms with van der Waals surface area (Å²) in [5.41, 5.74) is 3.12. The van der Waals surface area contributed by atoms with E-state index in [1.165, 1.54) is 23.8 Å². The van der Waals surface area contributed by atoms with Crippen molar-refractivity contribution < 1.29 is 14.5 Å². The van der Waals surface area contributed by atoms with Gasteiger partial charge in [-0.15, -0.1) is 0 Å². The van der Waals surface area contributed by atoms with Gasteiger partial charge in [-0.2, -0.15) is 0 Å². The second-order valence-corrected chi connectivity index (χ2v) is 7.63. The van der Waals surface area contributed by atoms with Gasteiger partial charge in [-0.1, -0.05) is 37.6 Å². The number of nitro groups is 1. The molecule has 2 amide bonds. The standard InChI is InChI=1S/C24H27N3O4/c1-2-3-15-25(23(28)13-10-19-8-11-22(12-9-19)27(30)31)18-24(29)26-16-14-20-6-4-5-7-21(20)17-26/h4-13H,2-3,14-18H2,1H3/b13-10+. The molecule has 0 aliphatic carbocycles. The second kappa shape index (κ2) is 10.5. The fourth-order valence-corrected chi connectivity index (χ4v) is 3.57. The Labute approximate surface area is 182 Å². The van der Waals surface area contributed by atoms with Crippen LogP contribution >= 0.6 is 0 Å². The van der Waals surface area contributed by atoms with Crippen LogP contribution in [0.1, 0.15) is 36.5 Å². The Hall–Kier alpha value is -3.48. The van der Waals surface area contributed by atoms with Crippen LogP contribution in [0.4, 0.5) is 5.69 Å².